The molecule has 0 aliphatic carbocycles. The minimum atomic E-state index is -0.296. The topological polar surface area (TPSA) is 72.9 Å². The predicted molar refractivity (Wildman–Crippen MR) is 74.6 cm³/mol. The summed E-state index contributed by atoms with van der Waals surface area (Å²) in [4.78, 5) is 11.9. The highest BCUT2D eigenvalue weighted by Gasteiger charge is 2.13. The van der Waals surface area contributed by atoms with Crippen LogP contribution in [0.25, 0.3) is 0 Å². The van der Waals surface area contributed by atoms with Crippen molar-refractivity contribution >= 4 is 11.7 Å². The molecule has 0 saturated heterocycles. The van der Waals surface area contributed by atoms with E-state index in [0.29, 0.717) is 5.82 Å². The number of aromatic nitrogens is 2. The molecule has 5 heteroatoms. The lowest BCUT2D eigenvalue weighted by Crippen LogP contribution is -2.21. The number of amides is 1. The third-order valence-electron chi connectivity index (χ3n) is 2.90. The van der Waals surface area contributed by atoms with Crippen molar-refractivity contribution in [1.82, 2.24) is 9.78 Å². The zero-order chi connectivity index (χ0) is 13.8. The molecule has 0 aliphatic heterocycles. The molecule has 0 spiro atoms. The van der Waals surface area contributed by atoms with Crippen molar-refractivity contribution in [2.24, 2.45) is 12.8 Å². The van der Waals surface area contributed by atoms with Crippen LogP contribution in [-0.4, -0.2) is 15.7 Å². The number of aryl methyl sites for hydroxylation is 2. The standard InChI is InChI=1S/C14H18N4O/c1-10-8-13(18(2)17-10)16-14(19)9-12(15)11-6-4-3-5-7-11/h3-8,12H,9,15H2,1-2H3,(H,16,19). The fourth-order valence-electron chi connectivity index (χ4n) is 1.94. The van der Waals surface area contributed by atoms with Crippen LogP contribution < -0.4 is 11.1 Å². The molecule has 0 saturated carbocycles. The molecule has 0 aliphatic rings. The summed E-state index contributed by atoms with van der Waals surface area (Å²) in [6, 6.07) is 11.1. The number of carbonyl (C=O) groups excluding carboxylic acids is 1. The number of anilines is 1. The molecule has 5 nitrogen and oxygen atoms in total. The minimum Gasteiger partial charge on any atom is -0.324 e. The molecule has 0 bridgehead atoms. The van der Waals surface area contributed by atoms with Crippen LogP contribution in [0.3, 0.4) is 0 Å². The van der Waals surface area contributed by atoms with E-state index in [1.54, 1.807) is 11.7 Å². The fraction of sp³-hybridized carbons (Fsp3) is 0.286. The van der Waals surface area contributed by atoms with Crippen molar-refractivity contribution in [3.05, 3.63) is 47.7 Å². The summed E-state index contributed by atoms with van der Waals surface area (Å²) in [6.45, 7) is 1.88. The Morgan fingerprint density at radius 2 is 2.11 bits per heavy atom. The fourth-order valence-corrected chi connectivity index (χ4v) is 1.94. The van der Waals surface area contributed by atoms with Crippen molar-refractivity contribution in [1.29, 1.82) is 0 Å². The highest BCUT2D eigenvalue weighted by molar-refractivity contribution is 5.90. The Hall–Kier alpha value is -2.14. The molecule has 3 N–H and O–H groups in total. The first-order valence-corrected chi connectivity index (χ1v) is 6.17. The summed E-state index contributed by atoms with van der Waals surface area (Å²) < 4.78 is 1.64. The number of nitrogens with zero attached hydrogens (tertiary/aromatic N) is 2. The van der Waals surface area contributed by atoms with Crippen molar-refractivity contribution in [3.8, 4) is 0 Å². The lowest BCUT2D eigenvalue weighted by atomic mass is 10.0. The monoisotopic (exact) mass is 258 g/mol. The van der Waals surface area contributed by atoms with Gasteiger partial charge in [-0.05, 0) is 12.5 Å². The number of hydrogen-bond donors (Lipinski definition) is 2. The van der Waals surface area contributed by atoms with Crippen LogP contribution in [-0.2, 0) is 11.8 Å². The van der Waals surface area contributed by atoms with Crippen LogP contribution in [0.15, 0.2) is 36.4 Å². The van der Waals surface area contributed by atoms with Gasteiger partial charge in [0.25, 0.3) is 0 Å². The summed E-state index contributed by atoms with van der Waals surface area (Å²) >= 11 is 0. The van der Waals surface area contributed by atoms with Crippen LogP contribution in [0.2, 0.25) is 0 Å². The Bertz CT molecular complexity index is 562. The Morgan fingerprint density at radius 1 is 1.42 bits per heavy atom. The summed E-state index contributed by atoms with van der Waals surface area (Å²) in [5.41, 5.74) is 7.83. The second-order valence-electron chi connectivity index (χ2n) is 4.56. The summed E-state index contributed by atoms with van der Waals surface area (Å²) in [6.07, 6.45) is 0.244. The Kier molecular flexibility index (Phi) is 3.97. The van der Waals surface area contributed by atoms with Crippen LogP contribution >= 0.6 is 0 Å². The summed E-state index contributed by atoms with van der Waals surface area (Å²) in [5, 5.41) is 6.99. The van der Waals surface area contributed by atoms with Gasteiger partial charge in [0.1, 0.15) is 5.82 Å². The Morgan fingerprint density at radius 3 is 2.68 bits per heavy atom. The zero-order valence-corrected chi connectivity index (χ0v) is 11.1. The van der Waals surface area contributed by atoms with E-state index < -0.39 is 0 Å². The molecular formula is C14H18N4O. The van der Waals surface area contributed by atoms with Crippen molar-refractivity contribution in [2.75, 3.05) is 5.32 Å². The molecule has 19 heavy (non-hydrogen) atoms. The van der Waals surface area contributed by atoms with E-state index >= 15 is 0 Å². The van der Waals surface area contributed by atoms with Gasteiger partial charge in [0.2, 0.25) is 5.91 Å². The molecular weight excluding hydrogens is 240 g/mol. The third-order valence-corrected chi connectivity index (χ3v) is 2.90. The summed E-state index contributed by atoms with van der Waals surface area (Å²) in [5.74, 6) is 0.571. The highest BCUT2D eigenvalue weighted by atomic mass is 16.1. The molecule has 1 heterocycles. The van der Waals surface area contributed by atoms with Gasteiger partial charge in [-0.25, -0.2) is 0 Å². The third kappa shape index (κ3) is 3.42. The van der Waals surface area contributed by atoms with Crippen LogP contribution in [0.4, 0.5) is 5.82 Å². The van der Waals surface area contributed by atoms with Crippen molar-refractivity contribution in [3.63, 3.8) is 0 Å². The van der Waals surface area contributed by atoms with Crippen molar-refractivity contribution in [2.45, 2.75) is 19.4 Å². The van der Waals surface area contributed by atoms with Gasteiger partial charge in [-0.2, -0.15) is 5.10 Å². The molecule has 2 rings (SSSR count). The minimum absolute atomic E-state index is 0.112. The number of nitrogens with one attached hydrogen (secondary N) is 1. The first kappa shape index (κ1) is 13.3. The summed E-state index contributed by atoms with van der Waals surface area (Å²) in [7, 11) is 1.79. The molecule has 0 radical (unpaired) electrons. The average molecular weight is 258 g/mol. The smallest absolute Gasteiger partial charge is 0.227 e. The number of benzene rings is 1. The Labute approximate surface area is 112 Å². The van der Waals surface area contributed by atoms with Gasteiger partial charge in [-0.1, -0.05) is 30.3 Å². The number of nitrogens with two attached hydrogens (primary N) is 1. The first-order chi connectivity index (χ1) is 9.06. The molecule has 1 unspecified atom stereocenters. The van der Waals surface area contributed by atoms with E-state index in [-0.39, 0.29) is 18.4 Å². The van der Waals surface area contributed by atoms with E-state index in [0.717, 1.165) is 11.3 Å². The molecule has 1 aromatic carbocycles. The lowest BCUT2D eigenvalue weighted by molar-refractivity contribution is -0.116. The van der Waals surface area contributed by atoms with E-state index in [4.69, 9.17) is 5.73 Å². The van der Waals surface area contributed by atoms with Crippen molar-refractivity contribution < 1.29 is 4.79 Å². The SMILES string of the molecule is Cc1cc(NC(=O)CC(N)c2ccccc2)n(C)n1. The maximum absolute atomic E-state index is 11.9. The maximum atomic E-state index is 11.9. The zero-order valence-electron chi connectivity index (χ0n) is 11.1. The molecule has 0 fully saturated rings. The van der Waals surface area contributed by atoms with Crippen LogP contribution in [0.5, 0.6) is 0 Å². The molecule has 1 atom stereocenters. The number of rotatable bonds is 4. The van der Waals surface area contributed by atoms with Crippen LogP contribution in [0.1, 0.15) is 23.7 Å². The van der Waals surface area contributed by atoms with E-state index in [1.165, 1.54) is 0 Å². The lowest BCUT2D eigenvalue weighted by Gasteiger charge is -2.12. The largest absolute Gasteiger partial charge is 0.324 e. The second kappa shape index (κ2) is 5.67. The van der Waals surface area contributed by atoms with E-state index in [1.807, 2.05) is 43.3 Å². The molecule has 1 aromatic heterocycles. The Balaban J connectivity index is 1.96. The highest BCUT2D eigenvalue weighted by Crippen LogP contribution is 2.15. The van der Waals surface area contributed by atoms with Gasteiger partial charge < -0.3 is 11.1 Å². The normalized spacial score (nSPS) is 12.2. The van der Waals surface area contributed by atoms with Gasteiger partial charge in [0, 0.05) is 25.6 Å². The van der Waals surface area contributed by atoms with Gasteiger partial charge in [-0.3, -0.25) is 9.48 Å². The molecule has 100 valence electrons. The van der Waals surface area contributed by atoms with E-state index in [2.05, 4.69) is 10.4 Å². The number of hydrogen-bond acceptors (Lipinski definition) is 3. The maximum Gasteiger partial charge on any atom is 0.227 e. The van der Waals surface area contributed by atoms with Gasteiger partial charge >= 0.3 is 0 Å². The predicted octanol–water partition coefficient (Wildman–Crippen LogP) is 1.76. The van der Waals surface area contributed by atoms with Gasteiger partial charge in [0.05, 0.1) is 5.69 Å². The van der Waals surface area contributed by atoms with Gasteiger partial charge in [0.15, 0.2) is 0 Å². The molecule has 2 aromatic rings. The van der Waals surface area contributed by atoms with Gasteiger partial charge in [-0.15, -0.1) is 0 Å². The first-order valence-electron chi connectivity index (χ1n) is 6.17. The quantitative estimate of drug-likeness (QED) is 0.877. The van der Waals surface area contributed by atoms with E-state index in [9.17, 15) is 4.79 Å². The number of carbonyl (C=O) groups is 1. The molecule has 1 amide bonds. The van der Waals surface area contributed by atoms with Crippen LogP contribution in [0, 0.1) is 6.92 Å². The second-order valence-corrected chi connectivity index (χ2v) is 4.56. The average Bonchev–Trinajstić information content (AvgIpc) is 2.68.